The number of benzene rings is 1. The van der Waals surface area contributed by atoms with Gasteiger partial charge in [-0.05, 0) is 62.6 Å². The molecule has 0 unspecified atom stereocenters. The van der Waals surface area contributed by atoms with Crippen molar-refractivity contribution in [3.63, 3.8) is 0 Å². The molecule has 176 valence electrons. The molecule has 0 N–H and O–H groups in total. The number of allylic oxidation sites excluding steroid dienone is 2. The van der Waals surface area contributed by atoms with Crippen LogP contribution >= 0.6 is 0 Å². The standard InChI is InChI=1S/C24H25BF6N2/c1-7-17-12(3)22-21(19-10-9-16(11-20(19)26)24(27,28)29)23-13(4)18(8-2)15(6)33(23)25(30,31)32(22)14(17)5/h9-11H,7-8H2,1-6H3. The van der Waals surface area contributed by atoms with Crippen molar-refractivity contribution in [1.29, 1.82) is 0 Å². The number of rotatable bonds is 3. The summed E-state index contributed by atoms with van der Waals surface area (Å²) in [6.45, 7) is 6.09. The molecule has 0 amide bonds. The topological polar surface area (TPSA) is 7.94 Å². The van der Waals surface area contributed by atoms with E-state index in [1.165, 1.54) is 0 Å². The molecular weight excluding hydrogens is 441 g/mol. The van der Waals surface area contributed by atoms with Crippen molar-refractivity contribution in [1.82, 2.24) is 4.48 Å². The summed E-state index contributed by atoms with van der Waals surface area (Å²) in [4.78, 5) is 0. The monoisotopic (exact) mass is 466 g/mol. The van der Waals surface area contributed by atoms with E-state index in [-0.39, 0.29) is 22.5 Å². The Balaban J connectivity index is 2.19. The lowest BCUT2D eigenvalue weighted by Crippen LogP contribution is -2.51. The van der Waals surface area contributed by atoms with Crippen molar-refractivity contribution < 1.29 is 30.7 Å². The molecule has 2 nitrogen and oxygen atoms in total. The minimum absolute atomic E-state index is 0.122. The average molecular weight is 466 g/mol. The highest BCUT2D eigenvalue weighted by Gasteiger charge is 2.57. The van der Waals surface area contributed by atoms with Crippen molar-refractivity contribution in [2.45, 2.75) is 60.6 Å². The van der Waals surface area contributed by atoms with Crippen LogP contribution in [0, 0.1) is 19.7 Å². The van der Waals surface area contributed by atoms with Crippen LogP contribution in [0.4, 0.5) is 26.2 Å². The SMILES string of the molecule is CCC1=C(C)C2=C(c3ccc(C(F)(F)F)cc3F)c3c(C)c(CC)c(C)n3[B-](F)(F)[N+]2=C1C. The van der Waals surface area contributed by atoms with Crippen LogP contribution in [0.5, 0.6) is 0 Å². The largest absolute Gasteiger partial charge is 0.737 e. The van der Waals surface area contributed by atoms with E-state index in [4.69, 9.17) is 0 Å². The van der Waals surface area contributed by atoms with Gasteiger partial charge in [-0.2, -0.15) is 13.2 Å². The zero-order valence-electron chi connectivity index (χ0n) is 19.4. The Morgan fingerprint density at radius 3 is 2.15 bits per heavy atom. The van der Waals surface area contributed by atoms with Gasteiger partial charge in [-0.1, -0.05) is 19.9 Å². The van der Waals surface area contributed by atoms with Gasteiger partial charge in [0.2, 0.25) is 0 Å². The molecule has 9 heteroatoms. The molecule has 0 spiro atoms. The van der Waals surface area contributed by atoms with Gasteiger partial charge in [0.15, 0.2) is 5.70 Å². The maximum atomic E-state index is 16.1. The number of hydrogen-bond acceptors (Lipinski definition) is 0. The Labute approximate surface area is 189 Å². The molecular formula is C24H25BF6N2. The van der Waals surface area contributed by atoms with Crippen LogP contribution in [0.3, 0.4) is 0 Å². The molecule has 0 bridgehead atoms. The van der Waals surface area contributed by atoms with Crippen LogP contribution in [-0.4, -0.2) is 21.6 Å². The Morgan fingerprint density at radius 1 is 1.00 bits per heavy atom. The molecule has 1 aromatic heterocycles. The van der Waals surface area contributed by atoms with Gasteiger partial charge in [-0.3, -0.25) is 0 Å². The van der Waals surface area contributed by atoms with Gasteiger partial charge in [-0.25, -0.2) is 4.39 Å². The van der Waals surface area contributed by atoms with E-state index in [0.29, 0.717) is 41.5 Å². The van der Waals surface area contributed by atoms with Crippen LogP contribution in [0.1, 0.15) is 67.8 Å². The van der Waals surface area contributed by atoms with Gasteiger partial charge >= 0.3 is 13.1 Å². The molecule has 0 saturated heterocycles. The van der Waals surface area contributed by atoms with E-state index in [2.05, 4.69) is 0 Å². The average Bonchev–Trinajstić information content (AvgIpc) is 3.13. The van der Waals surface area contributed by atoms with E-state index in [9.17, 15) is 13.2 Å². The number of aromatic nitrogens is 1. The number of halogens is 6. The van der Waals surface area contributed by atoms with Gasteiger partial charge in [0, 0.05) is 29.3 Å². The first-order valence-corrected chi connectivity index (χ1v) is 11.0. The van der Waals surface area contributed by atoms with E-state index >= 15 is 13.0 Å². The predicted molar refractivity (Wildman–Crippen MR) is 118 cm³/mol. The second kappa shape index (κ2) is 7.40. The summed E-state index contributed by atoms with van der Waals surface area (Å²) in [5.74, 6) is -1.09. The normalized spacial score (nSPS) is 17.8. The van der Waals surface area contributed by atoms with E-state index in [0.717, 1.165) is 32.2 Å². The number of alkyl halides is 3. The molecule has 4 rings (SSSR count). The highest BCUT2D eigenvalue weighted by atomic mass is 19.4. The molecule has 1 aromatic carbocycles. The molecule has 2 aliphatic rings. The molecule has 0 atom stereocenters. The maximum absolute atomic E-state index is 16.1. The number of nitrogens with zero attached hydrogens (tertiary/aromatic N) is 2. The Hall–Kier alpha value is -2.71. The van der Waals surface area contributed by atoms with E-state index in [1.54, 1.807) is 27.7 Å². The summed E-state index contributed by atoms with van der Waals surface area (Å²) in [5, 5.41) is 0. The van der Waals surface area contributed by atoms with Crippen molar-refractivity contribution >= 4 is 18.3 Å². The Kier molecular flexibility index (Phi) is 5.26. The van der Waals surface area contributed by atoms with Crippen LogP contribution < -0.4 is 0 Å². The molecule has 0 aliphatic carbocycles. The molecule has 33 heavy (non-hydrogen) atoms. The third-order valence-corrected chi connectivity index (χ3v) is 7.06. The second-order valence-corrected chi connectivity index (χ2v) is 8.68. The third kappa shape index (κ3) is 3.07. The first-order chi connectivity index (χ1) is 15.3. The smallest absolute Gasteiger partial charge is 0.393 e. The van der Waals surface area contributed by atoms with E-state index < -0.39 is 24.5 Å². The molecule has 0 fully saturated rings. The first-order valence-electron chi connectivity index (χ1n) is 11.0. The fourth-order valence-electron chi connectivity index (χ4n) is 5.63. The van der Waals surface area contributed by atoms with E-state index in [1.807, 2.05) is 13.8 Å². The van der Waals surface area contributed by atoms with Gasteiger partial charge < -0.3 is 17.6 Å². The predicted octanol–water partition coefficient (Wildman–Crippen LogP) is 7.03. The Morgan fingerprint density at radius 2 is 1.64 bits per heavy atom. The van der Waals surface area contributed by atoms with Gasteiger partial charge in [-0.15, -0.1) is 0 Å². The first kappa shape index (κ1) is 23.5. The molecule has 2 aromatic rings. The lowest BCUT2D eigenvalue weighted by molar-refractivity contribution is -0.363. The summed E-state index contributed by atoms with van der Waals surface area (Å²) in [6.07, 6.45) is -3.71. The van der Waals surface area contributed by atoms with Crippen LogP contribution in [0.15, 0.2) is 35.0 Å². The summed E-state index contributed by atoms with van der Waals surface area (Å²) in [5.41, 5.74) is 2.71. The summed E-state index contributed by atoms with van der Waals surface area (Å²) < 4.78 is 89.0. The van der Waals surface area contributed by atoms with Gasteiger partial charge in [0.25, 0.3) is 0 Å². The van der Waals surface area contributed by atoms with Crippen LogP contribution in [0.25, 0.3) is 5.57 Å². The van der Waals surface area contributed by atoms with Crippen LogP contribution in [-0.2, 0) is 12.6 Å². The molecule has 2 aliphatic heterocycles. The fourth-order valence-corrected chi connectivity index (χ4v) is 5.63. The summed E-state index contributed by atoms with van der Waals surface area (Å²) >= 11 is 0. The summed E-state index contributed by atoms with van der Waals surface area (Å²) in [7, 11) is 0. The lowest BCUT2D eigenvalue weighted by Gasteiger charge is -2.34. The van der Waals surface area contributed by atoms with Crippen LogP contribution in [0.2, 0.25) is 0 Å². The molecule has 0 saturated carbocycles. The Bertz CT molecular complexity index is 1290. The minimum Gasteiger partial charge on any atom is -0.393 e. The van der Waals surface area contributed by atoms with Crippen molar-refractivity contribution in [3.8, 4) is 0 Å². The zero-order chi connectivity index (χ0) is 24.6. The van der Waals surface area contributed by atoms with Gasteiger partial charge in [0.1, 0.15) is 11.5 Å². The number of fused-ring (bicyclic) bond motifs is 2. The minimum atomic E-state index is -4.71. The fraction of sp³-hybridized carbons (Fsp3) is 0.375. The maximum Gasteiger partial charge on any atom is 0.737 e. The lowest BCUT2D eigenvalue weighted by atomic mass is 9.83. The summed E-state index contributed by atoms with van der Waals surface area (Å²) in [6, 6.07) is 2.29. The highest BCUT2D eigenvalue weighted by Crippen LogP contribution is 2.47. The number of hydrogen-bond donors (Lipinski definition) is 0. The quantitative estimate of drug-likeness (QED) is 0.339. The second-order valence-electron chi connectivity index (χ2n) is 8.68. The van der Waals surface area contributed by atoms with Gasteiger partial charge in [0.05, 0.1) is 11.1 Å². The zero-order valence-corrected chi connectivity index (χ0v) is 19.4. The van der Waals surface area contributed by atoms with Crippen molar-refractivity contribution in [3.05, 3.63) is 74.5 Å². The third-order valence-electron chi connectivity index (χ3n) is 7.06. The van der Waals surface area contributed by atoms with Crippen molar-refractivity contribution in [2.75, 3.05) is 0 Å². The highest BCUT2D eigenvalue weighted by molar-refractivity contribution is 6.58. The molecule has 0 radical (unpaired) electrons. The molecule has 3 heterocycles. The van der Waals surface area contributed by atoms with Crippen molar-refractivity contribution in [2.24, 2.45) is 0 Å².